The van der Waals surface area contributed by atoms with Crippen molar-refractivity contribution in [3.8, 4) is 23.2 Å². The fourth-order valence-electron chi connectivity index (χ4n) is 9.00. The number of benzene rings is 2. The van der Waals surface area contributed by atoms with Gasteiger partial charge < -0.3 is 19.1 Å². The minimum atomic E-state index is -0.959. The number of hydrogen-bond donors (Lipinski definition) is 1. The molecule has 8 rings (SSSR count). The van der Waals surface area contributed by atoms with Crippen molar-refractivity contribution in [1.29, 1.82) is 5.26 Å². The maximum atomic E-state index is 17.5. The molecule has 4 saturated heterocycles. The molecule has 1 N–H and O–H groups in total. The summed E-state index contributed by atoms with van der Waals surface area (Å²) in [4.78, 5) is 41.6. The van der Waals surface area contributed by atoms with Crippen molar-refractivity contribution in [2.45, 2.75) is 109 Å². The van der Waals surface area contributed by atoms with Crippen molar-refractivity contribution in [1.82, 2.24) is 19.8 Å². The molecule has 4 atom stereocenters. The van der Waals surface area contributed by atoms with Crippen LogP contribution >= 0.6 is 22.9 Å². The van der Waals surface area contributed by atoms with Gasteiger partial charge in [0.05, 0.1) is 28.2 Å². The van der Waals surface area contributed by atoms with Crippen LogP contribution in [0.3, 0.4) is 0 Å². The van der Waals surface area contributed by atoms with Crippen LogP contribution in [0.5, 0.6) is 6.01 Å². The number of alkyl halides is 1. The summed E-state index contributed by atoms with van der Waals surface area (Å²) in [5, 5.41) is 14.2. The molecule has 302 valence electrons. The highest BCUT2D eigenvalue weighted by Gasteiger charge is 2.50. The van der Waals surface area contributed by atoms with Crippen LogP contribution in [0.25, 0.3) is 32.1 Å². The van der Waals surface area contributed by atoms with E-state index in [2.05, 4.69) is 21.3 Å². The molecule has 4 aliphatic rings. The number of aromatic nitrogens is 2. The summed E-state index contributed by atoms with van der Waals surface area (Å²) in [5.41, 5.74) is -1.44. The molecule has 2 amide bonds. The van der Waals surface area contributed by atoms with Crippen LogP contribution in [0.4, 0.5) is 29.2 Å². The van der Waals surface area contributed by atoms with Gasteiger partial charge in [0.1, 0.15) is 46.4 Å². The minimum absolute atomic E-state index is 0.0231. The largest absolute Gasteiger partial charge is 0.461 e. The lowest BCUT2D eigenvalue weighted by Crippen LogP contribution is -2.57. The van der Waals surface area contributed by atoms with Crippen molar-refractivity contribution in [2.75, 3.05) is 43.0 Å². The Bertz CT molecular complexity index is 2310. The number of nitriles is 1. The van der Waals surface area contributed by atoms with Gasteiger partial charge in [0.25, 0.3) is 0 Å². The summed E-state index contributed by atoms with van der Waals surface area (Å²) in [5.74, 6) is -0.329. The summed E-state index contributed by atoms with van der Waals surface area (Å²) in [6.07, 6.45) is 1.53. The van der Waals surface area contributed by atoms with Gasteiger partial charge in [-0.05, 0) is 91.5 Å². The van der Waals surface area contributed by atoms with E-state index in [1.165, 1.54) is 11.3 Å². The molecule has 12 nitrogen and oxygen atoms in total. The molecule has 4 aliphatic heterocycles. The van der Waals surface area contributed by atoms with Gasteiger partial charge in [0.15, 0.2) is 5.82 Å². The Morgan fingerprint density at radius 2 is 1.81 bits per heavy atom. The summed E-state index contributed by atoms with van der Waals surface area (Å²) < 4.78 is 50.3. The third kappa shape index (κ3) is 7.40. The number of hydrogen-bond acceptors (Lipinski definition) is 11. The molecule has 0 aliphatic carbocycles. The zero-order valence-corrected chi connectivity index (χ0v) is 34.5. The SMILES string of the molecule is CC(C)(C)OC(=O)Nc1sc2cccc(-c3c(Cl)cc4c(N5C[C@H]6CC[C@@H](C5)N6C(=O)OC(C)(C)C)nc(OC[C@@]56CCCN5C[C@H](F)C6)nc4c3F)c2c1C#N. The van der Waals surface area contributed by atoms with Crippen molar-refractivity contribution < 1.29 is 32.6 Å². The number of piperazine rings is 1. The minimum Gasteiger partial charge on any atom is -0.461 e. The van der Waals surface area contributed by atoms with E-state index in [0.717, 1.165) is 32.2 Å². The molecule has 2 aromatic heterocycles. The normalized spacial score (nSPS) is 23.5. The fraction of sp³-hybridized carbons (Fsp3) is 0.537. The first-order valence-corrected chi connectivity index (χ1v) is 20.6. The van der Waals surface area contributed by atoms with E-state index in [4.69, 9.17) is 30.8 Å². The van der Waals surface area contributed by atoms with E-state index >= 15 is 4.39 Å². The molecule has 2 aromatic carbocycles. The predicted molar refractivity (Wildman–Crippen MR) is 216 cm³/mol. The lowest BCUT2D eigenvalue weighted by atomic mass is 9.95. The van der Waals surface area contributed by atoms with Gasteiger partial charge >= 0.3 is 18.2 Å². The van der Waals surface area contributed by atoms with Crippen LogP contribution in [0.1, 0.15) is 79.2 Å². The molecule has 0 spiro atoms. The number of fused-ring (bicyclic) bond motifs is 5. The van der Waals surface area contributed by atoms with Crippen LogP contribution in [0.2, 0.25) is 5.02 Å². The van der Waals surface area contributed by atoms with Crippen LogP contribution in [-0.2, 0) is 9.47 Å². The number of nitrogens with one attached hydrogen (secondary N) is 1. The highest BCUT2D eigenvalue weighted by molar-refractivity contribution is 7.23. The maximum absolute atomic E-state index is 17.5. The predicted octanol–water partition coefficient (Wildman–Crippen LogP) is 9.07. The van der Waals surface area contributed by atoms with Crippen LogP contribution in [-0.4, -0.2) is 99.7 Å². The highest BCUT2D eigenvalue weighted by atomic mass is 35.5. The second-order valence-corrected chi connectivity index (χ2v) is 19.0. The lowest BCUT2D eigenvalue weighted by Gasteiger charge is -2.42. The van der Waals surface area contributed by atoms with E-state index in [9.17, 15) is 19.2 Å². The average molecular weight is 822 g/mol. The van der Waals surface area contributed by atoms with Crippen molar-refractivity contribution in [3.05, 3.63) is 40.7 Å². The molecule has 0 saturated carbocycles. The number of amides is 2. The Morgan fingerprint density at radius 3 is 2.49 bits per heavy atom. The molecule has 2 bridgehead atoms. The van der Waals surface area contributed by atoms with Gasteiger partial charge in [0.2, 0.25) is 0 Å². The zero-order chi connectivity index (χ0) is 40.6. The first kappa shape index (κ1) is 39.3. The third-order valence-corrected chi connectivity index (χ3v) is 12.5. The molecule has 57 heavy (non-hydrogen) atoms. The smallest absolute Gasteiger partial charge is 0.412 e. The van der Waals surface area contributed by atoms with E-state index in [1.54, 1.807) is 45.0 Å². The molecule has 0 unspecified atom stereocenters. The van der Waals surface area contributed by atoms with E-state index < -0.39 is 34.8 Å². The fourth-order valence-corrected chi connectivity index (χ4v) is 10.4. The zero-order valence-electron chi connectivity index (χ0n) is 32.9. The molecular weight excluding hydrogens is 776 g/mol. The van der Waals surface area contributed by atoms with E-state index in [0.29, 0.717) is 52.9 Å². The van der Waals surface area contributed by atoms with Gasteiger partial charge in [0, 0.05) is 47.1 Å². The lowest BCUT2D eigenvalue weighted by molar-refractivity contribution is 0.0122. The highest BCUT2D eigenvalue weighted by Crippen LogP contribution is 2.47. The van der Waals surface area contributed by atoms with Gasteiger partial charge in [-0.1, -0.05) is 23.7 Å². The quantitative estimate of drug-likeness (QED) is 0.201. The Balaban J connectivity index is 1.22. The average Bonchev–Trinajstić information content (AvgIpc) is 3.83. The Kier molecular flexibility index (Phi) is 9.92. The number of nitrogens with zero attached hydrogens (tertiary/aromatic N) is 6. The summed E-state index contributed by atoms with van der Waals surface area (Å²) in [7, 11) is 0. The van der Waals surface area contributed by atoms with Gasteiger partial charge in [-0.15, -0.1) is 11.3 Å². The standard InChI is InChI=1S/C41H46ClF2N7O5S/c1-39(2,3)55-37(52)48-35-27(17-45)30-25(9-7-10-29(30)57-35)31-28(42)15-26-33(32(31)44)46-36(54-21-41-13-8-14-50(41)18-22(43)16-41)47-34(26)49-19-23-11-12-24(20-49)51(23)38(53)56-40(4,5)6/h7,9-10,15,22-24H,8,11-14,16,18-21H2,1-6H3,(H,48,52)/t22-,23-,24+,41+/m1/s1. The van der Waals surface area contributed by atoms with Crippen molar-refractivity contribution in [2.24, 2.45) is 0 Å². The number of halogens is 3. The monoisotopic (exact) mass is 821 g/mol. The Morgan fingerprint density at radius 1 is 1.09 bits per heavy atom. The number of carbonyl (C=O) groups excluding carboxylic acids is 2. The number of thiophene rings is 1. The third-order valence-electron chi connectivity index (χ3n) is 11.2. The second-order valence-electron chi connectivity index (χ2n) is 17.5. The molecule has 16 heteroatoms. The van der Waals surface area contributed by atoms with E-state index in [-0.39, 0.29) is 57.5 Å². The Hall–Kier alpha value is -4.52. The Labute approximate surface area is 339 Å². The van der Waals surface area contributed by atoms with Gasteiger partial charge in [-0.3, -0.25) is 15.1 Å². The van der Waals surface area contributed by atoms with Gasteiger partial charge in [-0.25, -0.2) is 18.4 Å². The number of ether oxygens (including phenoxy) is 3. The summed E-state index contributed by atoms with van der Waals surface area (Å²) in [6.45, 7) is 12.8. The first-order valence-electron chi connectivity index (χ1n) is 19.4. The molecule has 4 aromatic rings. The second kappa shape index (κ2) is 14.4. The number of anilines is 2. The number of rotatable bonds is 6. The van der Waals surface area contributed by atoms with Crippen LogP contribution in [0.15, 0.2) is 24.3 Å². The summed E-state index contributed by atoms with van der Waals surface area (Å²) >= 11 is 8.21. The van der Waals surface area contributed by atoms with E-state index in [1.807, 2.05) is 30.6 Å². The molecule has 0 radical (unpaired) electrons. The van der Waals surface area contributed by atoms with Gasteiger partial charge in [-0.2, -0.15) is 15.2 Å². The van der Waals surface area contributed by atoms with Crippen molar-refractivity contribution >= 4 is 66.9 Å². The van der Waals surface area contributed by atoms with Crippen molar-refractivity contribution in [3.63, 3.8) is 0 Å². The molecule has 4 fully saturated rings. The first-order chi connectivity index (χ1) is 26.9. The number of carbonyl (C=O) groups is 2. The van der Waals surface area contributed by atoms with Crippen LogP contribution < -0.4 is 15.0 Å². The molecule has 6 heterocycles. The van der Waals surface area contributed by atoms with Crippen LogP contribution in [0, 0.1) is 17.1 Å². The molecular formula is C41H46ClF2N7O5S. The maximum Gasteiger partial charge on any atom is 0.412 e. The summed E-state index contributed by atoms with van der Waals surface area (Å²) in [6, 6.07) is 8.64. The topological polar surface area (TPSA) is 133 Å².